The van der Waals surface area contributed by atoms with Gasteiger partial charge in [-0.25, -0.2) is 9.59 Å². The van der Waals surface area contributed by atoms with Gasteiger partial charge in [0.2, 0.25) is 53.4 Å². The lowest BCUT2D eigenvalue weighted by Crippen LogP contribution is -2.66. The molecular weight excluding hydrogens is 1540 g/mol. The molecule has 13 unspecified atom stereocenters. The van der Waals surface area contributed by atoms with E-state index in [1.54, 1.807) is 30.3 Å². The van der Waals surface area contributed by atoms with Gasteiger partial charge in [-0.1, -0.05) is 85.6 Å². The Morgan fingerprint density at radius 3 is 1.92 bits per heavy atom. The van der Waals surface area contributed by atoms with Gasteiger partial charge in [0.25, 0.3) is 0 Å². The molecule has 114 heavy (non-hydrogen) atoms. The van der Waals surface area contributed by atoms with Crippen molar-refractivity contribution in [1.29, 1.82) is 0 Å². The number of nitrogens with two attached hydrogens (primary N) is 1. The summed E-state index contributed by atoms with van der Waals surface area (Å²) >= 11 is 14.2. The van der Waals surface area contributed by atoms with Crippen LogP contribution in [0.2, 0.25) is 10.0 Å². The molecule has 0 spiro atoms. The van der Waals surface area contributed by atoms with Crippen LogP contribution in [-0.4, -0.2) is 215 Å². The number of aliphatic carboxylic acids is 2. The Hall–Kier alpha value is -10.5. The van der Waals surface area contributed by atoms with Crippen LogP contribution in [0.4, 0.5) is 0 Å². The number of likely N-dealkylation sites (N-methyl/N-ethyl adjacent to an activating group) is 1. The van der Waals surface area contributed by atoms with Crippen molar-refractivity contribution in [2.75, 3.05) is 20.2 Å². The lowest BCUT2D eigenvalue weighted by Gasteiger charge is -2.48. The second-order valence-electron chi connectivity index (χ2n) is 28.6. The van der Waals surface area contributed by atoms with Crippen molar-refractivity contribution < 1.29 is 132 Å². The zero-order valence-electron chi connectivity index (χ0n) is 61.4. The number of carboxylic acids is 2. The Balaban J connectivity index is 1.11. The summed E-state index contributed by atoms with van der Waals surface area (Å²) in [4.78, 5) is 130. The highest BCUT2D eigenvalue weighted by Crippen LogP contribution is 2.50. The van der Waals surface area contributed by atoms with Gasteiger partial charge in [0.05, 0.1) is 47.9 Å². The average Bonchev–Trinajstić information content (AvgIpc) is 0.762. The Kier molecular flexibility index (Phi) is 26.2. The normalized spacial score (nSPS) is 27.6. The monoisotopic (exact) mass is 1630 g/mol. The van der Waals surface area contributed by atoms with Gasteiger partial charge < -0.3 is 138 Å². The van der Waals surface area contributed by atoms with Gasteiger partial charge in [0, 0.05) is 41.3 Å². The predicted octanol–water partition coefficient (Wildman–Crippen LogP) is 1.41. The minimum absolute atomic E-state index is 0.106. The molecule has 6 aromatic carbocycles. The molecule has 0 radical (unpaired) electrons. The second kappa shape index (κ2) is 35.5. The predicted molar refractivity (Wildman–Crippen MR) is 396 cm³/mol. The topological polar surface area (TPSA) is 563 Å². The number of phenolic OH excluding ortho intramolecular Hbond substituents is 3. The summed E-state index contributed by atoms with van der Waals surface area (Å²) in [7, 11) is 1.46. The fraction of sp³-hybridized carbons (Fsp3) is 0.408. The van der Waals surface area contributed by atoms with Gasteiger partial charge >= 0.3 is 11.9 Å². The fourth-order valence-electron chi connectivity index (χ4n) is 14.0. The minimum Gasteiger partial charge on any atom is -0.508 e. The number of hydrogen-bond acceptors (Lipinski definition) is 27. The summed E-state index contributed by atoms with van der Waals surface area (Å²) < 4.78 is 44.8. The Morgan fingerprint density at radius 2 is 1.32 bits per heavy atom. The first-order valence-electron chi connectivity index (χ1n) is 35.8. The molecule has 2 saturated heterocycles. The first kappa shape index (κ1) is 84.4. The van der Waals surface area contributed by atoms with Crippen LogP contribution in [0.15, 0.2) is 109 Å². The van der Waals surface area contributed by atoms with E-state index in [9.17, 15) is 84.9 Å². The van der Waals surface area contributed by atoms with Crippen LogP contribution in [0.5, 0.6) is 46.0 Å². The van der Waals surface area contributed by atoms with Crippen LogP contribution < -0.4 is 62.5 Å². The molecule has 7 aliphatic heterocycles. The number of halogens is 2. The summed E-state index contributed by atoms with van der Waals surface area (Å²) in [5.74, 6) is -17.8. The Bertz CT molecular complexity index is 4660. The fourth-order valence-corrected chi connectivity index (χ4v) is 14.4. The third-order valence-electron chi connectivity index (χ3n) is 20.0. The van der Waals surface area contributed by atoms with Crippen LogP contribution in [0, 0.1) is 5.92 Å². The molecule has 6 aromatic rings. The highest BCUT2D eigenvalue weighted by atomic mass is 35.5. The highest BCUT2D eigenvalue weighted by Gasteiger charge is 2.53. The number of ether oxygens (including phenoxy) is 7. The lowest BCUT2D eigenvalue weighted by molar-refractivity contribution is -0.334. The zero-order valence-corrected chi connectivity index (χ0v) is 62.9. The van der Waals surface area contributed by atoms with Crippen molar-refractivity contribution >= 4 is 76.5 Å². The highest BCUT2D eigenvalue weighted by molar-refractivity contribution is 6.32. The molecule has 13 rings (SSSR count). The molecule has 0 saturated carbocycles. The smallest absolute Gasteiger partial charge is 0.334 e. The molecule has 19 atom stereocenters. The number of nitrogens with one attached hydrogen (secondary N) is 8. The summed E-state index contributed by atoms with van der Waals surface area (Å²) in [5.41, 5.74) is 1.91. The third-order valence-corrected chi connectivity index (χ3v) is 20.6. The van der Waals surface area contributed by atoms with E-state index in [1.807, 2.05) is 13.8 Å². The van der Waals surface area contributed by atoms with E-state index >= 15 is 14.4 Å². The van der Waals surface area contributed by atoms with Gasteiger partial charge in [-0.05, 0) is 116 Å². The molecule has 38 heteroatoms. The number of primary amides is 1. The van der Waals surface area contributed by atoms with Crippen LogP contribution in [0.25, 0.3) is 11.1 Å². The number of aliphatic hydroxyl groups is 6. The van der Waals surface area contributed by atoms with Crippen molar-refractivity contribution in [3.05, 3.63) is 153 Å². The number of phenols is 3. The number of carboxylic acid groups (broad SMARTS) is 2. The number of amides is 7. The summed E-state index contributed by atoms with van der Waals surface area (Å²) in [6, 6.07) is 7.59. The number of carbonyl (C=O) groups excluding carboxylic acids is 7. The third kappa shape index (κ3) is 18.6. The molecule has 11 bridgehead atoms. The molecule has 0 aromatic heterocycles. The number of aromatic hydroxyl groups is 3. The quantitative estimate of drug-likeness (QED) is 0.0514. The second-order valence-corrected chi connectivity index (χ2v) is 29.4. The molecule has 0 aliphatic carbocycles. The van der Waals surface area contributed by atoms with Crippen molar-refractivity contribution in [1.82, 2.24) is 42.5 Å². The molecule has 7 amide bonds. The van der Waals surface area contributed by atoms with Gasteiger partial charge in [0.15, 0.2) is 36.0 Å². The van der Waals surface area contributed by atoms with Gasteiger partial charge in [0.1, 0.15) is 89.5 Å². The molecule has 7 heterocycles. The molecule has 7 aliphatic rings. The lowest BCUT2D eigenvalue weighted by atomic mass is 9.84. The molecular formula is C76H85Cl2N9O27. The maximum atomic E-state index is 16.2. The summed E-state index contributed by atoms with van der Waals surface area (Å²) in [5, 5.41) is 146. The van der Waals surface area contributed by atoms with Crippen molar-refractivity contribution in [3.8, 4) is 57.1 Å². The largest absolute Gasteiger partial charge is 0.508 e. The van der Waals surface area contributed by atoms with Gasteiger partial charge in [-0.15, -0.1) is 0 Å². The zero-order chi connectivity index (χ0) is 82.6. The van der Waals surface area contributed by atoms with E-state index < -0.39 is 261 Å². The van der Waals surface area contributed by atoms with E-state index in [-0.39, 0.29) is 47.8 Å². The minimum atomic E-state index is -2.39. The van der Waals surface area contributed by atoms with Crippen molar-refractivity contribution in [2.45, 2.75) is 169 Å². The van der Waals surface area contributed by atoms with Gasteiger partial charge in [-0.3, -0.25) is 33.6 Å². The molecule has 2 fully saturated rings. The maximum absolute atomic E-state index is 16.2. The first-order chi connectivity index (χ1) is 54.0. The van der Waals surface area contributed by atoms with Crippen LogP contribution in [0.3, 0.4) is 0 Å². The number of benzene rings is 6. The number of fused-ring (bicyclic) bond motifs is 15. The summed E-state index contributed by atoms with van der Waals surface area (Å²) in [6.07, 6.45) is -21.3. The van der Waals surface area contributed by atoms with E-state index in [1.165, 1.54) is 33.0 Å². The van der Waals surface area contributed by atoms with E-state index in [2.05, 4.69) is 42.5 Å². The summed E-state index contributed by atoms with van der Waals surface area (Å²) in [6.45, 7) is 5.08. The van der Waals surface area contributed by atoms with Crippen LogP contribution in [-0.2, 0) is 68.7 Å². The molecule has 36 nitrogen and oxygen atoms in total. The van der Waals surface area contributed by atoms with Crippen LogP contribution >= 0.6 is 23.2 Å². The number of aliphatic hydroxyl groups excluding tert-OH is 6. The van der Waals surface area contributed by atoms with E-state index in [0.29, 0.717) is 5.56 Å². The number of hydrogen-bond donors (Lipinski definition) is 20. The number of rotatable bonds is 20. The maximum Gasteiger partial charge on any atom is 0.334 e. The van der Waals surface area contributed by atoms with E-state index in [0.717, 1.165) is 66.7 Å². The Morgan fingerprint density at radius 1 is 0.693 bits per heavy atom. The molecule has 610 valence electrons. The van der Waals surface area contributed by atoms with Crippen LogP contribution in [0.1, 0.15) is 111 Å². The van der Waals surface area contributed by atoms with Crippen molar-refractivity contribution in [3.63, 3.8) is 0 Å². The first-order valence-corrected chi connectivity index (χ1v) is 36.6. The standard InChI is InChI=1S/C76H85Cl2N9O27/c1-30(2)17-42(80-5)67(98)86-58-60(93)34-12-15-46(40(77)19-34)110-48-21-36-22-49(64(48)114-75-65(63(96)62(95)51(28-88)112-75)113-53-26-76(4,66(97)31(3)109-53)81-27-50(73(104)105)108-29-32-9-7-6-8-10-32)111-47-16-13-35(20-41(47)78)61(94)59-72(103)85-57(74(106)107)39-23-37(89)24-45(91)54(39)38-18-33(11-14-44(38)90)55(69(100)87-59)84-70(101)56(36)83-68(99)43(25-52(79)92)82-71(58)102/h6-16,18-24,30-31,42-43,50-51,53,55-63,65-66,75,80-81,88-91,93-97H,17,25-29H2,1-5H3,(H2,79,92)(H,82,102)(H,83,99)(H,84,101)(H,85,103)(H,86,98)(H,87,100)(H,104,105)(H,106,107)/t31?,42-,43?,50?,51?,53?,55?,56-,57-,58?,59+,60-,61-,62?,63?,65?,66?,75?,76?/m1/s1. The number of carbonyl (C=O) groups is 9. The molecule has 21 N–H and O–H groups in total. The SMILES string of the molecule is CN[C@H](CC(C)C)C(=O)NC1C(=O)NC(CC(N)=O)C(=O)N[C@H]2C(=O)NC3C(=O)N[C@H](C(=O)N[C@@H](C(=O)O)c4cc(O)cc(O)c4-c4cc3ccc4O)[C@H](O)c3ccc(c(Cl)c3)Oc3cc2cc(c3OC2OC(CO)C(O)C(O)C2OC2CC(C)(NCC(OCc3ccccc3)C(=O)O)C(O)C(C)O2)Oc2ccc(cc2Cl)[C@H]1O. The Labute approximate surface area is 659 Å². The van der Waals surface area contributed by atoms with E-state index in [4.69, 9.17) is 62.1 Å². The average molecular weight is 1630 g/mol. The van der Waals surface area contributed by atoms with Gasteiger partial charge in [-0.2, -0.15) is 0 Å². The van der Waals surface area contributed by atoms with Crippen molar-refractivity contribution in [2.24, 2.45) is 11.7 Å².